The molecule has 0 aromatic heterocycles. The molecule has 1 aliphatic heterocycles. The Labute approximate surface area is 104 Å². The van der Waals surface area contributed by atoms with Gasteiger partial charge in [0.2, 0.25) is 0 Å². The van der Waals surface area contributed by atoms with Crippen LogP contribution in [0.4, 0.5) is 5.69 Å². The van der Waals surface area contributed by atoms with Crippen LogP contribution in [0, 0.1) is 5.92 Å². The summed E-state index contributed by atoms with van der Waals surface area (Å²) in [5.74, 6) is -3.59. The molecule has 1 saturated heterocycles. The highest BCUT2D eigenvalue weighted by molar-refractivity contribution is 6.10. The molecule has 0 atom stereocenters. The molecule has 1 aliphatic rings. The molecule has 0 N–H and O–H groups in total. The van der Waals surface area contributed by atoms with E-state index in [1.165, 1.54) is 20.1 Å². The fourth-order valence-corrected chi connectivity index (χ4v) is 1.52. The molecule has 0 saturated carbocycles. The number of benzene rings is 1. The molecule has 0 amide bonds. The zero-order valence-corrected chi connectivity index (χ0v) is 10.1. The molecule has 0 aliphatic carbocycles. The third-order valence-corrected chi connectivity index (χ3v) is 2.33. The van der Waals surface area contributed by atoms with E-state index in [4.69, 9.17) is 9.47 Å². The maximum absolute atomic E-state index is 11.6. The predicted octanol–water partition coefficient (Wildman–Crippen LogP) is 1.84. The highest BCUT2D eigenvalue weighted by Gasteiger charge is 2.42. The molecule has 18 heavy (non-hydrogen) atoms. The summed E-state index contributed by atoms with van der Waals surface area (Å²) in [5, 5.41) is 0. The maximum Gasteiger partial charge on any atom is 0.329 e. The van der Waals surface area contributed by atoms with Gasteiger partial charge in [-0.15, -0.1) is 0 Å². The lowest BCUT2D eigenvalue weighted by Gasteiger charge is -2.31. The van der Waals surface area contributed by atoms with Gasteiger partial charge in [0.25, 0.3) is 5.79 Å². The minimum atomic E-state index is -1.20. The Kier molecular flexibility index (Phi) is 3.14. The first-order valence-corrected chi connectivity index (χ1v) is 5.53. The number of hydrogen-bond acceptors (Lipinski definition) is 5. The van der Waals surface area contributed by atoms with Gasteiger partial charge in [0.1, 0.15) is 0 Å². The Balaban J connectivity index is 2.13. The smallest absolute Gasteiger partial charge is 0.329 e. The highest BCUT2D eigenvalue weighted by Crippen LogP contribution is 2.22. The SMILES string of the molecule is CC1(C)OC(=O)C(/C=N/c2ccccc2)C(=O)O1. The van der Waals surface area contributed by atoms with E-state index in [1.54, 1.807) is 12.1 Å². The molecule has 94 valence electrons. The first kappa shape index (κ1) is 12.3. The fourth-order valence-electron chi connectivity index (χ4n) is 1.52. The minimum absolute atomic E-state index is 0.643. The van der Waals surface area contributed by atoms with E-state index in [-0.39, 0.29) is 0 Å². The van der Waals surface area contributed by atoms with E-state index in [0.717, 1.165) is 0 Å². The molecule has 1 aromatic carbocycles. The van der Waals surface area contributed by atoms with Crippen molar-refractivity contribution < 1.29 is 19.1 Å². The lowest BCUT2D eigenvalue weighted by molar-refractivity contribution is -0.235. The van der Waals surface area contributed by atoms with E-state index >= 15 is 0 Å². The van der Waals surface area contributed by atoms with E-state index in [9.17, 15) is 9.59 Å². The van der Waals surface area contributed by atoms with Crippen LogP contribution in [-0.4, -0.2) is 23.9 Å². The molecule has 1 aromatic rings. The van der Waals surface area contributed by atoms with E-state index in [2.05, 4.69) is 4.99 Å². The quantitative estimate of drug-likeness (QED) is 0.454. The zero-order chi connectivity index (χ0) is 13.2. The monoisotopic (exact) mass is 247 g/mol. The van der Waals surface area contributed by atoms with Gasteiger partial charge in [0, 0.05) is 20.1 Å². The second-order valence-corrected chi connectivity index (χ2v) is 4.33. The molecule has 1 heterocycles. The number of ether oxygens (including phenoxy) is 2. The molecular weight excluding hydrogens is 234 g/mol. The van der Waals surface area contributed by atoms with Crippen LogP contribution in [0.5, 0.6) is 0 Å². The Morgan fingerprint density at radius 3 is 2.22 bits per heavy atom. The number of aliphatic imine (C=N–C) groups is 1. The topological polar surface area (TPSA) is 65.0 Å². The summed E-state index contributed by atoms with van der Waals surface area (Å²) in [6, 6.07) is 9.01. The summed E-state index contributed by atoms with van der Waals surface area (Å²) in [6.07, 6.45) is 1.25. The summed E-state index contributed by atoms with van der Waals surface area (Å²) in [4.78, 5) is 27.3. The van der Waals surface area contributed by atoms with Gasteiger partial charge in [-0.1, -0.05) is 18.2 Å². The van der Waals surface area contributed by atoms with Crippen molar-refractivity contribution in [2.45, 2.75) is 19.6 Å². The number of esters is 2. The molecule has 5 nitrogen and oxygen atoms in total. The van der Waals surface area contributed by atoms with Crippen LogP contribution in [0.15, 0.2) is 35.3 Å². The average Bonchev–Trinajstić information content (AvgIpc) is 2.27. The summed E-state index contributed by atoms with van der Waals surface area (Å²) in [6.45, 7) is 3.01. The third-order valence-electron chi connectivity index (χ3n) is 2.33. The van der Waals surface area contributed by atoms with Crippen LogP contribution < -0.4 is 0 Å². The van der Waals surface area contributed by atoms with E-state index in [1.807, 2.05) is 18.2 Å². The van der Waals surface area contributed by atoms with Gasteiger partial charge in [0.05, 0.1) is 5.69 Å². The summed E-state index contributed by atoms with van der Waals surface area (Å²) in [5.41, 5.74) is 0.655. The summed E-state index contributed by atoms with van der Waals surface area (Å²) >= 11 is 0. The average molecular weight is 247 g/mol. The lowest BCUT2D eigenvalue weighted by Crippen LogP contribution is -2.46. The van der Waals surface area contributed by atoms with Gasteiger partial charge in [-0.05, 0) is 12.1 Å². The molecule has 5 heteroatoms. The Hall–Kier alpha value is -2.17. The number of nitrogens with zero attached hydrogens (tertiary/aromatic N) is 1. The van der Waals surface area contributed by atoms with Crippen LogP contribution in [0.3, 0.4) is 0 Å². The Bertz CT molecular complexity index is 473. The normalized spacial score (nSPS) is 19.7. The van der Waals surface area contributed by atoms with Crippen LogP contribution >= 0.6 is 0 Å². The van der Waals surface area contributed by atoms with Crippen molar-refractivity contribution >= 4 is 23.8 Å². The molecule has 0 bridgehead atoms. The molecule has 0 unspecified atom stereocenters. The van der Waals surface area contributed by atoms with Gasteiger partial charge in [-0.2, -0.15) is 0 Å². The van der Waals surface area contributed by atoms with Gasteiger partial charge in [0.15, 0.2) is 5.92 Å². The van der Waals surface area contributed by atoms with Crippen LogP contribution in [0.25, 0.3) is 0 Å². The second kappa shape index (κ2) is 4.60. The molecule has 2 rings (SSSR count). The van der Waals surface area contributed by atoms with Crippen molar-refractivity contribution in [1.29, 1.82) is 0 Å². The standard InChI is InChI=1S/C13H13NO4/c1-13(2)17-11(15)10(12(16)18-13)8-14-9-6-4-3-5-7-9/h3-8,10H,1-2H3/b14-8+. The molecular formula is C13H13NO4. The van der Waals surface area contributed by atoms with E-state index in [0.29, 0.717) is 5.69 Å². The summed E-state index contributed by atoms with van der Waals surface area (Å²) in [7, 11) is 0. The van der Waals surface area contributed by atoms with Crippen molar-refractivity contribution in [2.75, 3.05) is 0 Å². The Morgan fingerprint density at radius 2 is 1.67 bits per heavy atom. The first-order chi connectivity index (χ1) is 8.48. The Morgan fingerprint density at radius 1 is 1.11 bits per heavy atom. The number of para-hydroxylation sites is 1. The lowest BCUT2D eigenvalue weighted by atomic mass is 10.1. The van der Waals surface area contributed by atoms with Crippen LogP contribution in [0.1, 0.15) is 13.8 Å². The predicted molar refractivity (Wildman–Crippen MR) is 64.3 cm³/mol. The largest absolute Gasteiger partial charge is 0.422 e. The highest BCUT2D eigenvalue weighted by atomic mass is 16.7. The molecule has 1 fully saturated rings. The fraction of sp³-hybridized carbons (Fsp3) is 0.308. The van der Waals surface area contributed by atoms with Crippen molar-refractivity contribution in [1.82, 2.24) is 0 Å². The number of rotatable bonds is 2. The van der Waals surface area contributed by atoms with E-state index < -0.39 is 23.6 Å². The maximum atomic E-state index is 11.6. The number of carbonyl (C=O) groups is 2. The molecule has 0 radical (unpaired) electrons. The van der Waals surface area contributed by atoms with Crippen molar-refractivity contribution in [2.24, 2.45) is 10.9 Å². The minimum Gasteiger partial charge on any atom is -0.422 e. The van der Waals surface area contributed by atoms with Gasteiger partial charge in [-0.3, -0.25) is 14.6 Å². The van der Waals surface area contributed by atoms with Gasteiger partial charge < -0.3 is 9.47 Å². The van der Waals surface area contributed by atoms with Crippen molar-refractivity contribution in [3.05, 3.63) is 30.3 Å². The summed E-state index contributed by atoms with van der Waals surface area (Å²) < 4.78 is 9.94. The van der Waals surface area contributed by atoms with Gasteiger partial charge >= 0.3 is 11.9 Å². The molecule has 0 spiro atoms. The first-order valence-electron chi connectivity index (χ1n) is 5.53. The number of cyclic esters (lactones) is 2. The van der Waals surface area contributed by atoms with Crippen LogP contribution in [0.2, 0.25) is 0 Å². The van der Waals surface area contributed by atoms with Gasteiger partial charge in [-0.25, -0.2) is 0 Å². The van der Waals surface area contributed by atoms with Crippen molar-refractivity contribution in [3.8, 4) is 0 Å². The number of carbonyl (C=O) groups excluding carboxylic acids is 2. The third kappa shape index (κ3) is 2.74. The van der Waals surface area contributed by atoms with Crippen LogP contribution in [-0.2, 0) is 19.1 Å². The zero-order valence-electron chi connectivity index (χ0n) is 10.1. The number of hydrogen-bond donors (Lipinski definition) is 0. The van der Waals surface area contributed by atoms with Crippen molar-refractivity contribution in [3.63, 3.8) is 0 Å². The second-order valence-electron chi connectivity index (χ2n) is 4.33.